The SMILES string of the molecule is Cc1cc(NC(=O)COC(=O)c2c(F)cccc2Cl)ccc1Br. The molecule has 120 valence electrons. The number of carbonyl (C=O) groups is 2. The quantitative estimate of drug-likeness (QED) is 0.777. The third-order valence-electron chi connectivity index (χ3n) is 2.94. The molecule has 2 rings (SSSR count). The van der Waals surface area contributed by atoms with Crippen LogP contribution in [-0.2, 0) is 9.53 Å². The molecule has 0 atom stereocenters. The Hall–Kier alpha value is -1.92. The number of halogens is 3. The van der Waals surface area contributed by atoms with Crippen LogP contribution in [0.1, 0.15) is 15.9 Å². The molecule has 0 bridgehead atoms. The molecule has 0 aliphatic carbocycles. The van der Waals surface area contributed by atoms with Crippen LogP contribution in [0.3, 0.4) is 0 Å². The molecule has 1 amide bonds. The van der Waals surface area contributed by atoms with Crippen LogP contribution >= 0.6 is 27.5 Å². The van der Waals surface area contributed by atoms with Crippen molar-refractivity contribution in [1.82, 2.24) is 0 Å². The Kier molecular flexibility index (Phi) is 5.74. The number of ether oxygens (including phenoxy) is 1. The first-order valence-corrected chi connectivity index (χ1v) is 7.72. The van der Waals surface area contributed by atoms with Gasteiger partial charge in [0.05, 0.1) is 5.02 Å². The van der Waals surface area contributed by atoms with Crippen LogP contribution in [0.25, 0.3) is 0 Å². The smallest absolute Gasteiger partial charge is 0.343 e. The van der Waals surface area contributed by atoms with Crippen LogP contribution in [0.4, 0.5) is 10.1 Å². The van der Waals surface area contributed by atoms with Gasteiger partial charge in [-0.15, -0.1) is 0 Å². The predicted molar refractivity (Wildman–Crippen MR) is 89.2 cm³/mol. The van der Waals surface area contributed by atoms with Crippen LogP contribution in [-0.4, -0.2) is 18.5 Å². The summed E-state index contributed by atoms with van der Waals surface area (Å²) in [5.74, 6) is -2.32. The van der Waals surface area contributed by atoms with E-state index in [-0.39, 0.29) is 10.6 Å². The van der Waals surface area contributed by atoms with Crippen LogP contribution in [0, 0.1) is 12.7 Å². The highest BCUT2D eigenvalue weighted by Gasteiger charge is 2.18. The molecule has 4 nitrogen and oxygen atoms in total. The van der Waals surface area contributed by atoms with Gasteiger partial charge in [-0.3, -0.25) is 4.79 Å². The molecule has 0 aromatic heterocycles. The Labute approximate surface area is 145 Å². The van der Waals surface area contributed by atoms with Crippen LogP contribution < -0.4 is 5.32 Å². The molecule has 0 heterocycles. The van der Waals surface area contributed by atoms with Crippen LogP contribution in [0.15, 0.2) is 40.9 Å². The highest BCUT2D eigenvalue weighted by molar-refractivity contribution is 9.10. The minimum Gasteiger partial charge on any atom is -0.452 e. The number of amides is 1. The lowest BCUT2D eigenvalue weighted by Crippen LogP contribution is -2.21. The second kappa shape index (κ2) is 7.57. The highest BCUT2D eigenvalue weighted by atomic mass is 79.9. The number of nitrogens with one attached hydrogen (secondary N) is 1. The van der Waals surface area contributed by atoms with Gasteiger partial charge in [-0.25, -0.2) is 9.18 Å². The first-order chi connectivity index (χ1) is 10.9. The number of anilines is 1. The summed E-state index contributed by atoms with van der Waals surface area (Å²) in [6.07, 6.45) is 0. The third kappa shape index (κ3) is 4.53. The number of carbonyl (C=O) groups excluding carboxylic acids is 2. The van der Waals surface area contributed by atoms with E-state index in [0.717, 1.165) is 16.1 Å². The molecule has 0 spiro atoms. The van der Waals surface area contributed by atoms with Gasteiger partial charge in [0.1, 0.15) is 11.4 Å². The van der Waals surface area contributed by atoms with Crippen molar-refractivity contribution in [2.24, 2.45) is 0 Å². The molecule has 0 aliphatic heterocycles. The number of hydrogen-bond donors (Lipinski definition) is 1. The third-order valence-corrected chi connectivity index (χ3v) is 4.15. The van der Waals surface area contributed by atoms with Crippen molar-refractivity contribution >= 4 is 45.1 Å². The van der Waals surface area contributed by atoms with E-state index >= 15 is 0 Å². The van der Waals surface area contributed by atoms with Crippen molar-refractivity contribution in [2.75, 3.05) is 11.9 Å². The number of benzene rings is 2. The van der Waals surface area contributed by atoms with Crippen LogP contribution in [0.5, 0.6) is 0 Å². The van der Waals surface area contributed by atoms with E-state index < -0.39 is 24.3 Å². The molecule has 2 aromatic carbocycles. The van der Waals surface area contributed by atoms with E-state index in [9.17, 15) is 14.0 Å². The molecular weight excluding hydrogens is 389 g/mol. The molecule has 2 aromatic rings. The number of hydrogen-bond acceptors (Lipinski definition) is 3. The normalized spacial score (nSPS) is 10.3. The molecule has 7 heteroatoms. The summed E-state index contributed by atoms with van der Waals surface area (Å²) in [6.45, 7) is 1.33. The fourth-order valence-electron chi connectivity index (χ4n) is 1.82. The van der Waals surface area contributed by atoms with Gasteiger partial charge in [0, 0.05) is 10.2 Å². The molecule has 23 heavy (non-hydrogen) atoms. The van der Waals surface area contributed by atoms with E-state index in [0.29, 0.717) is 5.69 Å². The zero-order valence-electron chi connectivity index (χ0n) is 12.0. The molecule has 0 aliphatic rings. The van der Waals surface area contributed by atoms with Gasteiger partial charge in [0.25, 0.3) is 5.91 Å². The van der Waals surface area contributed by atoms with Gasteiger partial charge < -0.3 is 10.1 Å². The Morgan fingerprint density at radius 2 is 2.04 bits per heavy atom. The molecule has 0 radical (unpaired) electrons. The lowest BCUT2D eigenvalue weighted by Gasteiger charge is -2.09. The minimum atomic E-state index is -0.991. The van der Waals surface area contributed by atoms with E-state index in [1.165, 1.54) is 12.1 Å². The van der Waals surface area contributed by atoms with Crippen molar-refractivity contribution < 1.29 is 18.7 Å². The van der Waals surface area contributed by atoms with Gasteiger partial charge in [0.15, 0.2) is 6.61 Å². The standard InChI is InChI=1S/C16H12BrClFNO3/c1-9-7-10(5-6-11(9)17)20-14(21)8-23-16(22)15-12(18)3-2-4-13(15)19/h2-7H,8H2,1H3,(H,20,21). The second-order valence-corrected chi connectivity index (χ2v) is 5.95. The summed E-state index contributed by atoms with van der Waals surface area (Å²) in [5, 5.41) is 2.51. The van der Waals surface area contributed by atoms with Gasteiger partial charge in [0.2, 0.25) is 0 Å². The molecule has 0 unspecified atom stereocenters. The second-order valence-electron chi connectivity index (χ2n) is 4.68. The summed E-state index contributed by atoms with van der Waals surface area (Å²) in [6, 6.07) is 9.08. The topological polar surface area (TPSA) is 55.4 Å². The lowest BCUT2D eigenvalue weighted by atomic mass is 10.2. The molecular formula is C16H12BrClFNO3. The maximum absolute atomic E-state index is 13.6. The molecule has 0 fully saturated rings. The van der Waals surface area contributed by atoms with Crippen LogP contribution in [0.2, 0.25) is 5.02 Å². The van der Waals surface area contributed by atoms with Crippen molar-refractivity contribution in [3.8, 4) is 0 Å². The van der Waals surface area contributed by atoms with E-state index in [2.05, 4.69) is 21.2 Å². The van der Waals surface area contributed by atoms with Gasteiger partial charge in [-0.2, -0.15) is 0 Å². The number of rotatable bonds is 4. The monoisotopic (exact) mass is 399 g/mol. The Balaban J connectivity index is 1.96. The van der Waals surface area contributed by atoms with E-state index in [1.54, 1.807) is 18.2 Å². The largest absolute Gasteiger partial charge is 0.452 e. The summed E-state index contributed by atoms with van der Waals surface area (Å²) in [5.41, 5.74) is 1.12. The summed E-state index contributed by atoms with van der Waals surface area (Å²) in [4.78, 5) is 23.6. The fraction of sp³-hybridized carbons (Fsp3) is 0.125. The Morgan fingerprint density at radius 1 is 1.30 bits per heavy atom. The van der Waals surface area contributed by atoms with Crippen molar-refractivity contribution in [3.05, 3.63) is 62.8 Å². The minimum absolute atomic E-state index is 0.0704. The van der Waals surface area contributed by atoms with Gasteiger partial charge >= 0.3 is 5.97 Å². The lowest BCUT2D eigenvalue weighted by molar-refractivity contribution is -0.119. The Morgan fingerprint density at radius 3 is 2.70 bits per heavy atom. The maximum atomic E-state index is 13.6. The fourth-order valence-corrected chi connectivity index (χ4v) is 2.30. The Bertz CT molecular complexity index is 747. The van der Waals surface area contributed by atoms with Crippen molar-refractivity contribution in [1.29, 1.82) is 0 Å². The van der Waals surface area contributed by atoms with Crippen molar-refractivity contribution in [3.63, 3.8) is 0 Å². The zero-order valence-corrected chi connectivity index (χ0v) is 14.4. The zero-order chi connectivity index (χ0) is 17.0. The van der Waals surface area contributed by atoms with Gasteiger partial charge in [-0.1, -0.05) is 33.6 Å². The van der Waals surface area contributed by atoms with Gasteiger partial charge in [-0.05, 0) is 42.8 Å². The van der Waals surface area contributed by atoms with E-state index in [1.807, 2.05) is 6.92 Å². The van der Waals surface area contributed by atoms with Crippen molar-refractivity contribution in [2.45, 2.75) is 6.92 Å². The first kappa shape index (κ1) is 17.4. The molecule has 0 saturated carbocycles. The predicted octanol–water partition coefficient (Wildman–Crippen LogP) is 4.35. The molecule has 1 N–H and O–H groups in total. The number of aryl methyl sites for hydroxylation is 1. The average Bonchev–Trinajstić information content (AvgIpc) is 2.49. The summed E-state index contributed by atoms with van der Waals surface area (Å²) >= 11 is 9.11. The number of esters is 1. The maximum Gasteiger partial charge on any atom is 0.343 e. The van der Waals surface area contributed by atoms with E-state index in [4.69, 9.17) is 16.3 Å². The first-order valence-electron chi connectivity index (χ1n) is 6.55. The highest BCUT2D eigenvalue weighted by Crippen LogP contribution is 2.21. The average molecular weight is 401 g/mol. The summed E-state index contributed by atoms with van der Waals surface area (Å²) in [7, 11) is 0. The molecule has 0 saturated heterocycles. The summed E-state index contributed by atoms with van der Waals surface area (Å²) < 4.78 is 19.3.